The molecule has 1 unspecified atom stereocenters. The fourth-order valence-corrected chi connectivity index (χ4v) is 1.07. The summed E-state index contributed by atoms with van der Waals surface area (Å²) in [5.74, 6) is 0. The number of hydrogen-bond acceptors (Lipinski definition) is 2. The Hall–Kier alpha value is -0.120. The van der Waals surface area contributed by atoms with Crippen LogP contribution in [-0.4, -0.2) is 23.8 Å². The minimum Gasteiger partial charge on any atom is -0.285 e. The van der Waals surface area contributed by atoms with E-state index in [0.717, 1.165) is 11.8 Å². The molecule has 0 N–H and O–H groups in total. The Balaban J connectivity index is 2.29. The summed E-state index contributed by atoms with van der Waals surface area (Å²) in [6.45, 7) is 0.280. The van der Waals surface area contributed by atoms with Gasteiger partial charge in [0.15, 0.2) is 0 Å². The summed E-state index contributed by atoms with van der Waals surface area (Å²) in [4.78, 5) is 3.64. The average molecular weight is 137 g/mol. The van der Waals surface area contributed by atoms with E-state index in [0.29, 0.717) is 0 Å². The average Bonchev–Trinajstić information content (AvgIpc) is 2.12. The van der Waals surface area contributed by atoms with Crippen LogP contribution in [0, 0.1) is 0 Å². The van der Waals surface area contributed by atoms with Gasteiger partial charge in [-0.1, -0.05) is 0 Å². The molecule has 4 heteroatoms. The molecule has 0 spiro atoms. The quantitative estimate of drug-likeness (QED) is 0.532. The molecule has 1 aliphatic rings. The fraction of sp³-hybridized carbons (Fsp3) is 0.750. The Bertz CT molecular complexity index is 96.2. The normalized spacial score (nSPS) is 27.6. The van der Waals surface area contributed by atoms with Crippen molar-refractivity contribution in [3.05, 3.63) is 0 Å². The summed E-state index contributed by atoms with van der Waals surface area (Å²) in [7, 11) is 0. The van der Waals surface area contributed by atoms with Gasteiger partial charge in [-0.3, -0.25) is 4.99 Å². The summed E-state index contributed by atoms with van der Waals surface area (Å²) >= 11 is 1.11. The van der Waals surface area contributed by atoms with Crippen LogP contribution in [0.1, 0.15) is 0 Å². The lowest BCUT2D eigenvalue weighted by atomic mass is 10.4. The highest BCUT2D eigenvalue weighted by Gasteiger charge is 2.22. The standard InChI is InChI=1S/C4H5F2NS/c5-4(6)3-1-7-2-8-3/h2-4H,1H2. The molecular weight excluding hydrogens is 132 g/mol. The molecule has 0 aromatic carbocycles. The lowest BCUT2D eigenvalue weighted by Crippen LogP contribution is -2.13. The van der Waals surface area contributed by atoms with Crippen LogP contribution in [-0.2, 0) is 0 Å². The van der Waals surface area contributed by atoms with Crippen LogP contribution < -0.4 is 0 Å². The maximum atomic E-state index is 11.6. The second kappa shape index (κ2) is 2.44. The van der Waals surface area contributed by atoms with Gasteiger partial charge in [-0.15, -0.1) is 11.8 Å². The summed E-state index contributed by atoms with van der Waals surface area (Å²) in [6.07, 6.45) is -2.22. The Kier molecular flexibility index (Phi) is 1.83. The first-order valence-corrected chi connectivity index (χ1v) is 3.17. The first-order chi connectivity index (χ1) is 3.80. The van der Waals surface area contributed by atoms with Crippen LogP contribution in [0.2, 0.25) is 0 Å². The molecule has 1 aliphatic heterocycles. The summed E-state index contributed by atoms with van der Waals surface area (Å²) < 4.78 is 23.3. The van der Waals surface area contributed by atoms with Crippen LogP contribution in [0.5, 0.6) is 0 Å². The molecule has 46 valence electrons. The Morgan fingerprint density at radius 2 is 2.50 bits per heavy atom. The van der Waals surface area contributed by atoms with Gasteiger partial charge in [-0.25, -0.2) is 8.78 Å². The molecule has 1 nitrogen and oxygen atoms in total. The SMILES string of the molecule is FC(F)C1CN=CS1. The van der Waals surface area contributed by atoms with Crippen LogP contribution in [0.3, 0.4) is 0 Å². The van der Waals surface area contributed by atoms with E-state index in [-0.39, 0.29) is 6.54 Å². The van der Waals surface area contributed by atoms with Crippen LogP contribution >= 0.6 is 11.8 Å². The molecule has 0 saturated heterocycles. The van der Waals surface area contributed by atoms with Crippen molar-refractivity contribution in [3.8, 4) is 0 Å². The molecular formula is C4H5F2NS. The molecule has 0 aromatic heterocycles. The molecule has 0 fully saturated rings. The summed E-state index contributed by atoms with van der Waals surface area (Å²) in [5, 5.41) is -0.574. The van der Waals surface area contributed by atoms with E-state index < -0.39 is 11.7 Å². The van der Waals surface area contributed by atoms with Crippen molar-refractivity contribution in [2.75, 3.05) is 6.54 Å². The largest absolute Gasteiger partial charge is 0.285 e. The molecule has 0 amide bonds. The van der Waals surface area contributed by atoms with E-state index in [1.54, 1.807) is 0 Å². The van der Waals surface area contributed by atoms with Gasteiger partial charge in [0.25, 0.3) is 6.43 Å². The summed E-state index contributed by atoms with van der Waals surface area (Å²) in [5.41, 5.74) is 1.48. The van der Waals surface area contributed by atoms with Gasteiger partial charge in [0.05, 0.1) is 17.3 Å². The Morgan fingerprint density at radius 1 is 1.75 bits per heavy atom. The van der Waals surface area contributed by atoms with Crippen molar-refractivity contribution in [1.82, 2.24) is 0 Å². The Labute approximate surface area is 50.2 Å². The van der Waals surface area contributed by atoms with Gasteiger partial charge < -0.3 is 0 Å². The first-order valence-electron chi connectivity index (χ1n) is 2.22. The van der Waals surface area contributed by atoms with Gasteiger partial charge >= 0.3 is 0 Å². The molecule has 0 radical (unpaired) electrons. The lowest BCUT2D eigenvalue weighted by molar-refractivity contribution is 0.148. The van der Waals surface area contributed by atoms with Gasteiger partial charge in [0.1, 0.15) is 0 Å². The zero-order chi connectivity index (χ0) is 5.98. The molecule has 1 rings (SSSR count). The van der Waals surface area contributed by atoms with Gasteiger partial charge in [0.2, 0.25) is 0 Å². The third-order valence-electron chi connectivity index (χ3n) is 0.877. The first kappa shape index (κ1) is 6.01. The minimum atomic E-state index is -2.22. The zero-order valence-electron chi connectivity index (χ0n) is 4.05. The van der Waals surface area contributed by atoms with E-state index in [2.05, 4.69) is 4.99 Å². The van der Waals surface area contributed by atoms with Crippen molar-refractivity contribution in [2.24, 2.45) is 4.99 Å². The highest BCUT2D eigenvalue weighted by atomic mass is 32.2. The second-order valence-electron chi connectivity index (χ2n) is 1.48. The van der Waals surface area contributed by atoms with Crippen molar-refractivity contribution in [3.63, 3.8) is 0 Å². The smallest absolute Gasteiger partial charge is 0.252 e. The molecule has 0 saturated carbocycles. The zero-order valence-corrected chi connectivity index (χ0v) is 4.87. The fourth-order valence-electron chi connectivity index (χ4n) is 0.450. The molecule has 8 heavy (non-hydrogen) atoms. The number of halogens is 2. The molecule has 0 aliphatic carbocycles. The maximum Gasteiger partial charge on any atom is 0.252 e. The van der Waals surface area contributed by atoms with Crippen molar-refractivity contribution < 1.29 is 8.78 Å². The van der Waals surface area contributed by atoms with Gasteiger partial charge in [-0.2, -0.15) is 0 Å². The molecule has 1 heterocycles. The van der Waals surface area contributed by atoms with Gasteiger partial charge in [0, 0.05) is 0 Å². The van der Waals surface area contributed by atoms with Crippen LogP contribution in [0.4, 0.5) is 8.78 Å². The lowest BCUT2D eigenvalue weighted by Gasteiger charge is -2.02. The highest BCUT2D eigenvalue weighted by Crippen LogP contribution is 2.20. The predicted molar refractivity (Wildman–Crippen MR) is 30.7 cm³/mol. The van der Waals surface area contributed by atoms with Crippen molar-refractivity contribution in [2.45, 2.75) is 11.7 Å². The van der Waals surface area contributed by atoms with E-state index >= 15 is 0 Å². The third kappa shape index (κ3) is 1.18. The van der Waals surface area contributed by atoms with Crippen LogP contribution in [0.25, 0.3) is 0 Å². The third-order valence-corrected chi connectivity index (χ3v) is 1.85. The van der Waals surface area contributed by atoms with Gasteiger partial charge in [-0.05, 0) is 0 Å². The number of alkyl halides is 2. The Morgan fingerprint density at radius 3 is 2.75 bits per heavy atom. The van der Waals surface area contributed by atoms with E-state index in [4.69, 9.17) is 0 Å². The number of nitrogens with zero attached hydrogens (tertiary/aromatic N) is 1. The second-order valence-corrected chi connectivity index (χ2v) is 2.57. The van der Waals surface area contributed by atoms with Crippen molar-refractivity contribution in [1.29, 1.82) is 0 Å². The number of aliphatic imine (C=N–C) groups is 1. The molecule has 0 aromatic rings. The predicted octanol–water partition coefficient (Wildman–Crippen LogP) is 1.40. The minimum absolute atomic E-state index is 0.280. The number of rotatable bonds is 1. The van der Waals surface area contributed by atoms with E-state index in [1.807, 2.05) is 0 Å². The monoisotopic (exact) mass is 137 g/mol. The number of hydrogen-bond donors (Lipinski definition) is 0. The maximum absolute atomic E-state index is 11.6. The highest BCUT2D eigenvalue weighted by molar-refractivity contribution is 8.12. The van der Waals surface area contributed by atoms with E-state index in [1.165, 1.54) is 5.55 Å². The molecule has 0 bridgehead atoms. The molecule has 1 atom stereocenters. The van der Waals surface area contributed by atoms with Crippen LogP contribution in [0.15, 0.2) is 4.99 Å². The van der Waals surface area contributed by atoms with Crippen molar-refractivity contribution >= 4 is 17.3 Å². The van der Waals surface area contributed by atoms with E-state index in [9.17, 15) is 8.78 Å². The topological polar surface area (TPSA) is 12.4 Å². The number of thioether (sulfide) groups is 1. The summed E-state index contributed by atoms with van der Waals surface area (Å²) in [6, 6.07) is 0.